The van der Waals surface area contributed by atoms with Crippen molar-refractivity contribution in [2.75, 3.05) is 13.1 Å². The number of furan rings is 1. The van der Waals surface area contributed by atoms with Crippen LogP contribution in [0.3, 0.4) is 0 Å². The van der Waals surface area contributed by atoms with E-state index in [4.69, 9.17) is 8.83 Å². The van der Waals surface area contributed by atoms with Gasteiger partial charge in [0.1, 0.15) is 6.26 Å². The molecule has 1 aliphatic carbocycles. The van der Waals surface area contributed by atoms with E-state index >= 15 is 0 Å². The Morgan fingerprint density at radius 2 is 2.04 bits per heavy atom. The first-order valence-electron chi connectivity index (χ1n) is 8.46. The molecule has 2 aromatic rings. The summed E-state index contributed by atoms with van der Waals surface area (Å²) in [6.45, 7) is 3.13. The Hall–Kier alpha value is -1.67. The summed E-state index contributed by atoms with van der Waals surface area (Å²) in [4.78, 5) is 0. The summed E-state index contributed by atoms with van der Waals surface area (Å²) in [6, 6.07) is 1.48. The highest BCUT2D eigenvalue weighted by atomic mass is 32.2. The summed E-state index contributed by atoms with van der Waals surface area (Å²) in [5, 5.41) is 8.03. The zero-order valence-corrected chi connectivity index (χ0v) is 14.5. The number of aromatic nitrogens is 2. The monoisotopic (exact) mass is 351 g/mol. The molecule has 1 aliphatic heterocycles. The molecule has 1 saturated carbocycles. The molecule has 0 amide bonds. The second kappa shape index (κ2) is 6.00. The van der Waals surface area contributed by atoms with E-state index in [1.807, 2.05) is 0 Å². The van der Waals surface area contributed by atoms with E-state index in [-0.39, 0.29) is 5.09 Å². The van der Waals surface area contributed by atoms with Crippen LogP contribution < -0.4 is 0 Å². The summed E-state index contributed by atoms with van der Waals surface area (Å²) in [5.41, 5.74) is 0.511. The predicted octanol–water partition coefficient (Wildman–Crippen LogP) is 3.02. The van der Waals surface area contributed by atoms with Gasteiger partial charge in [-0.3, -0.25) is 0 Å². The van der Waals surface area contributed by atoms with Crippen molar-refractivity contribution in [3.8, 4) is 11.5 Å². The SMILES string of the molecule is C[C@@H]1CCCN(S(=O)(=O)c2cc(-c3nnc(C4CCC4)o3)co2)C1. The number of nitrogens with zero attached hydrogens (tertiary/aromatic N) is 3. The second-order valence-corrected chi connectivity index (χ2v) is 8.71. The highest BCUT2D eigenvalue weighted by molar-refractivity contribution is 7.89. The largest absolute Gasteiger partial charge is 0.451 e. The van der Waals surface area contributed by atoms with Crippen LogP contribution in [0, 0.1) is 5.92 Å². The van der Waals surface area contributed by atoms with Crippen LogP contribution in [0.25, 0.3) is 11.5 Å². The highest BCUT2D eigenvalue weighted by Gasteiger charge is 2.32. The minimum Gasteiger partial charge on any atom is -0.451 e. The number of hydrogen-bond donors (Lipinski definition) is 0. The Labute approximate surface area is 141 Å². The molecule has 7 nitrogen and oxygen atoms in total. The smallest absolute Gasteiger partial charge is 0.276 e. The van der Waals surface area contributed by atoms with Crippen molar-refractivity contribution in [1.82, 2.24) is 14.5 Å². The first kappa shape index (κ1) is 15.8. The second-order valence-electron chi connectivity index (χ2n) is 6.84. The number of sulfonamides is 1. The van der Waals surface area contributed by atoms with Crippen molar-refractivity contribution in [3.63, 3.8) is 0 Å². The van der Waals surface area contributed by atoms with E-state index in [1.165, 1.54) is 23.1 Å². The summed E-state index contributed by atoms with van der Waals surface area (Å²) in [7, 11) is -3.61. The molecule has 0 spiro atoms. The predicted molar refractivity (Wildman–Crippen MR) is 85.7 cm³/mol. The highest BCUT2D eigenvalue weighted by Crippen LogP contribution is 2.37. The zero-order valence-electron chi connectivity index (χ0n) is 13.6. The Morgan fingerprint density at radius 3 is 2.75 bits per heavy atom. The Morgan fingerprint density at radius 1 is 1.21 bits per heavy atom. The number of rotatable bonds is 4. The van der Waals surface area contributed by atoms with Gasteiger partial charge in [-0.1, -0.05) is 13.3 Å². The third-order valence-corrected chi connectivity index (χ3v) is 6.67. The molecule has 3 heterocycles. The lowest BCUT2D eigenvalue weighted by atomic mass is 9.85. The maximum absolute atomic E-state index is 12.7. The summed E-state index contributed by atoms with van der Waals surface area (Å²) >= 11 is 0. The third kappa shape index (κ3) is 2.77. The average molecular weight is 351 g/mol. The Bertz CT molecular complexity index is 822. The third-order valence-electron chi connectivity index (χ3n) is 4.93. The number of piperidine rings is 1. The van der Waals surface area contributed by atoms with Gasteiger partial charge in [0, 0.05) is 25.1 Å². The minimum atomic E-state index is -3.61. The topological polar surface area (TPSA) is 89.4 Å². The number of hydrogen-bond acceptors (Lipinski definition) is 6. The Balaban J connectivity index is 1.56. The molecule has 2 aromatic heterocycles. The van der Waals surface area contributed by atoms with Crippen molar-refractivity contribution in [2.24, 2.45) is 5.92 Å². The van der Waals surface area contributed by atoms with E-state index in [2.05, 4.69) is 17.1 Å². The van der Waals surface area contributed by atoms with Crippen molar-refractivity contribution in [2.45, 2.75) is 50.0 Å². The van der Waals surface area contributed by atoms with Crippen molar-refractivity contribution < 1.29 is 17.3 Å². The van der Waals surface area contributed by atoms with Gasteiger partial charge in [-0.05, 0) is 31.6 Å². The van der Waals surface area contributed by atoms with Crippen LogP contribution in [-0.4, -0.2) is 36.0 Å². The molecule has 2 aliphatic rings. The fraction of sp³-hybridized carbons (Fsp3) is 0.625. The van der Waals surface area contributed by atoms with Crippen molar-refractivity contribution >= 4 is 10.0 Å². The average Bonchev–Trinajstić information content (AvgIpc) is 3.14. The molecule has 0 unspecified atom stereocenters. The molecule has 0 radical (unpaired) electrons. The van der Waals surface area contributed by atoms with Gasteiger partial charge in [0.25, 0.3) is 15.9 Å². The fourth-order valence-electron chi connectivity index (χ4n) is 3.23. The van der Waals surface area contributed by atoms with Crippen LogP contribution in [0.1, 0.15) is 50.8 Å². The minimum absolute atomic E-state index is 0.0602. The van der Waals surface area contributed by atoms with Crippen LogP contribution in [0.4, 0.5) is 0 Å². The molecule has 0 N–H and O–H groups in total. The van der Waals surface area contributed by atoms with Crippen LogP contribution in [-0.2, 0) is 10.0 Å². The van der Waals surface area contributed by atoms with Gasteiger partial charge < -0.3 is 8.83 Å². The molecule has 1 atom stereocenters. The molecule has 8 heteroatoms. The molecule has 0 bridgehead atoms. The molecule has 2 fully saturated rings. The van der Waals surface area contributed by atoms with Gasteiger partial charge in [-0.15, -0.1) is 10.2 Å². The molecule has 0 aromatic carbocycles. The quantitative estimate of drug-likeness (QED) is 0.841. The lowest BCUT2D eigenvalue weighted by molar-refractivity contribution is 0.274. The summed E-state index contributed by atoms with van der Waals surface area (Å²) in [5.74, 6) is 1.65. The molecular weight excluding hydrogens is 330 g/mol. The Kier molecular flexibility index (Phi) is 3.96. The molecule has 1 saturated heterocycles. The fourth-order valence-corrected chi connectivity index (χ4v) is 4.75. The molecule has 130 valence electrons. The van der Waals surface area contributed by atoms with Gasteiger partial charge >= 0.3 is 0 Å². The standard InChI is InChI=1S/C16H21N3O4S/c1-11-4-3-7-19(9-11)24(20,21)14-8-13(10-22-14)16-18-17-15(23-16)12-5-2-6-12/h8,10-12H,2-7,9H2,1H3/t11-/m1/s1. The first-order valence-corrected chi connectivity index (χ1v) is 9.90. The van der Waals surface area contributed by atoms with Crippen molar-refractivity contribution in [3.05, 3.63) is 18.2 Å². The van der Waals surface area contributed by atoms with Gasteiger partial charge in [0.2, 0.25) is 11.0 Å². The first-order chi connectivity index (χ1) is 11.5. The lowest BCUT2D eigenvalue weighted by Gasteiger charge is -2.28. The summed E-state index contributed by atoms with van der Waals surface area (Å²) < 4.78 is 37.9. The normalized spacial score (nSPS) is 23.3. The molecule has 4 rings (SSSR count). The lowest BCUT2D eigenvalue weighted by Crippen LogP contribution is -2.38. The van der Waals surface area contributed by atoms with E-state index in [0.29, 0.717) is 42.3 Å². The van der Waals surface area contributed by atoms with Gasteiger partial charge in [-0.25, -0.2) is 8.42 Å². The van der Waals surface area contributed by atoms with E-state index < -0.39 is 10.0 Å². The van der Waals surface area contributed by atoms with Crippen LogP contribution in [0.5, 0.6) is 0 Å². The van der Waals surface area contributed by atoms with E-state index in [0.717, 1.165) is 25.7 Å². The van der Waals surface area contributed by atoms with Gasteiger partial charge in [0.05, 0.1) is 5.56 Å². The van der Waals surface area contributed by atoms with E-state index in [9.17, 15) is 8.42 Å². The maximum Gasteiger partial charge on any atom is 0.276 e. The molecular formula is C16H21N3O4S. The van der Waals surface area contributed by atoms with E-state index in [1.54, 1.807) is 0 Å². The zero-order chi connectivity index (χ0) is 16.7. The van der Waals surface area contributed by atoms with Gasteiger partial charge in [0.15, 0.2) is 0 Å². The van der Waals surface area contributed by atoms with Gasteiger partial charge in [-0.2, -0.15) is 4.31 Å². The summed E-state index contributed by atoms with van der Waals surface area (Å²) in [6.07, 6.45) is 6.63. The molecule has 24 heavy (non-hydrogen) atoms. The van der Waals surface area contributed by atoms with Crippen LogP contribution >= 0.6 is 0 Å². The van der Waals surface area contributed by atoms with Crippen LogP contribution in [0.2, 0.25) is 0 Å². The maximum atomic E-state index is 12.7. The van der Waals surface area contributed by atoms with Crippen LogP contribution in [0.15, 0.2) is 26.3 Å². The van der Waals surface area contributed by atoms with Crippen molar-refractivity contribution in [1.29, 1.82) is 0 Å².